The van der Waals surface area contributed by atoms with Crippen molar-refractivity contribution >= 4 is 18.0 Å². The molecule has 106 valence electrons. The number of nitrogens with one attached hydrogen (secondary N) is 2. The van der Waals surface area contributed by atoms with E-state index in [-0.39, 0.29) is 11.8 Å². The monoisotopic (exact) mass is 275 g/mol. The molecule has 2 N–H and O–H groups in total. The van der Waals surface area contributed by atoms with Gasteiger partial charge in [0.05, 0.1) is 0 Å². The van der Waals surface area contributed by atoms with Gasteiger partial charge in [-0.25, -0.2) is 0 Å². The molecule has 20 heavy (non-hydrogen) atoms. The third-order valence-corrected chi connectivity index (χ3v) is 2.94. The summed E-state index contributed by atoms with van der Waals surface area (Å²) in [7, 11) is 0. The SMILES string of the molecule is CCC(=O)NCCCNC1=C2N=CC=CC2C(=O)N=N1. The number of aliphatic imine (C=N–C) groups is 1. The van der Waals surface area contributed by atoms with Crippen LogP contribution in [0.3, 0.4) is 0 Å². The lowest BCUT2D eigenvalue weighted by molar-refractivity contribution is -0.121. The number of allylic oxidation sites excluding steroid dienone is 1. The number of carbonyl (C=O) groups is 2. The van der Waals surface area contributed by atoms with Crippen LogP contribution in [0.5, 0.6) is 0 Å². The van der Waals surface area contributed by atoms with Crippen LogP contribution in [0, 0.1) is 5.92 Å². The lowest BCUT2D eigenvalue weighted by Gasteiger charge is -2.19. The summed E-state index contributed by atoms with van der Waals surface area (Å²) in [5.41, 5.74) is 0.602. The zero-order valence-corrected chi connectivity index (χ0v) is 11.3. The molecule has 0 aromatic heterocycles. The molecular formula is C13H17N5O2. The summed E-state index contributed by atoms with van der Waals surface area (Å²) in [5, 5.41) is 13.4. The molecule has 0 saturated carbocycles. The predicted molar refractivity (Wildman–Crippen MR) is 73.9 cm³/mol. The molecule has 0 aromatic rings. The molecule has 0 radical (unpaired) electrons. The summed E-state index contributed by atoms with van der Waals surface area (Å²) >= 11 is 0. The van der Waals surface area contributed by atoms with Crippen LogP contribution in [0.25, 0.3) is 0 Å². The fourth-order valence-corrected chi connectivity index (χ4v) is 1.85. The minimum absolute atomic E-state index is 0.0389. The Morgan fingerprint density at radius 1 is 1.35 bits per heavy atom. The molecule has 1 unspecified atom stereocenters. The second-order valence-electron chi connectivity index (χ2n) is 4.40. The van der Waals surface area contributed by atoms with E-state index in [0.29, 0.717) is 31.0 Å². The van der Waals surface area contributed by atoms with Crippen molar-refractivity contribution in [3.05, 3.63) is 23.7 Å². The van der Waals surface area contributed by atoms with Gasteiger partial charge in [-0.1, -0.05) is 13.0 Å². The smallest absolute Gasteiger partial charge is 0.277 e. The van der Waals surface area contributed by atoms with Crippen molar-refractivity contribution in [1.82, 2.24) is 10.6 Å². The van der Waals surface area contributed by atoms with E-state index in [1.165, 1.54) is 0 Å². The summed E-state index contributed by atoms with van der Waals surface area (Å²) in [4.78, 5) is 26.8. The summed E-state index contributed by atoms with van der Waals surface area (Å²) < 4.78 is 0. The van der Waals surface area contributed by atoms with Gasteiger partial charge in [0.1, 0.15) is 11.6 Å². The average molecular weight is 275 g/mol. The largest absolute Gasteiger partial charge is 0.367 e. The Labute approximate surface area is 116 Å². The summed E-state index contributed by atoms with van der Waals surface area (Å²) in [6, 6.07) is 0. The molecule has 0 aromatic carbocycles. The Bertz CT molecular complexity index is 519. The normalized spacial score (nSPS) is 20.1. The second-order valence-corrected chi connectivity index (χ2v) is 4.40. The Morgan fingerprint density at radius 3 is 3.00 bits per heavy atom. The van der Waals surface area contributed by atoms with Crippen LogP contribution in [0.2, 0.25) is 0 Å². The van der Waals surface area contributed by atoms with Gasteiger partial charge in [-0.3, -0.25) is 14.6 Å². The van der Waals surface area contributed by atoms with E-state index in [1.807, 2.05) is 6.92 Å². The van der Waals surface area contributed by atoms with Gasteiger partial charge in [0, 0.05) is 25.7 Å². The van der Waals surface area contributed by atoms with Gasteiger partial charge in [0.2, 0.25) is 5.91 Å². The van der Waals surface area contributed by atoms with Crippen LogP contribution in [-0.4, -0.2) is 31.1 Å². The molecule has 7 nitrogen and oxygen atoms in total. The number of carbonyl (C=O) groups excluding carboxylic acids is 2. The number of rotatable bonds is 6. The van der Waals surface area contributed by atoms with Crippen molar-refractivity contribution in [1.29, 1.82) is 0 Å². The molecule has 7 heteroatoms. The van der Waals surface area contributed by atoms with Crippen molar-refractivity contribution < 1.29 is 9.59 Å². The highest BCUT2D eigenvalue weighted by Gasteiger charge is 2.28. The highest BCUT2D eigenvalue weighted by Crippen LogP contribution is 2.26. The predicted octanol–water partition coefficient (Wildman–Crippen LogP) is 0.911. The van der Waals surface area contributed by atoms with Gasteiger partial charge in [-0.2, -0.15) is 0 Å². The van der Waals surface area contributed by atoms with Gasteiger partial charge in [0.15, 0.2) is 5.82 Å². The average Bonchev–Trinajstić information content (AvgIpc) is 2.49. The number of dihydropyridines is 1. The fraction of sp³-hybridized carbons (Fsp3) is 0.462. The van der Waals surface area contributed by atoms with E-state index in [0.717, 1.165) is 6.42 Å². The van der Waals surface area contributed by atoms with Crippen LogP contribution in [0.4, 0.5) is 0 Å². The molecule has 0 spiro atoms. The highest BCUT2D eigenvalue weighted by atomic mass is 16.2. The Morgan fingerprint density at radius 2 is 2.20 bits per heavy atom. The van der Waals surface area contributed by atoms with Crippen LogP contribution >= 0.6 is 0 Å². The first kappa shape index (κ1) is 14.1. The maximum absolute atomic E-state index is 11.6. The van der Waals surface area contributed by atoms with Crippen molar-refractivity contribution in [2.75, 3.05) is 13.1 Å². The van der Waals surface area contributed by atoms with Gasteiger partial charge >= 0.3 is 0 Å². The Balaban J connectivity index is 1.85. The fourth-order valence-electron chi connectivity index (χ4n) is 1.85. The third kappa shape index (κ3) is 3.37. The van der Waals surface area contributed by atoms with E-state index in [4.69, 9.17) is 0 Å². The molecule has 0 aliphatic carbocycles. The van der Waals surface area contributed by atoms with Gasteiger partial charge in [-0.05, 0) is 12.5 Å². The van der Waals surface area contributed by atoms with Gasteiger partial charge in [0.25, 0.3) is 5.91 Å². The first-order valence-electron chi connectivity index (χ1n) is 6.63. The second kappa shape index (κ2) is 6.74. The molecule has 2 aliphatic heterocycles. The van der Waals surface area contributed by atoms with Crippen LogP contribution < -0.4 is 10.6 Å². The number of hydrogen-bond acceptors (Lipinski definition) is 5. The van der Waals surface area contributed by atoms with Gasteiger partial charge < -0.3 is 10.6 Å². The van der Waals surface area contributed by atoms with Crippen LogP contribution in [0.1, 0.15) is 19.8 Å². The lowest BCUT2D eigenvalue weighted by Crippen LogP contribution is -2.28. The number of nitrogens with zero attached hydrogens (tertiary/aromatic N) is 3. The molecule has 2 rings (SSSR count). The van der Waals surface area contributed by atoms with E-state index in [9.17, 15) is 9.59 Å². The minimum atomic E-state index is -0.431. The van der Waals surface area contributed by atoms with Crippen LogP contribution in [-0.2, 0) is 9.59 Å². The highest BCUT2D eigenvalue weighted by molar-refractivity contribution is 5.88. The first-order chi connectivity index (χ1) is 9.72. The summed E-state index contributed by atoms with van der Waals surface area (Å²) in [5.74, 6) is -0.164. The lowest BCUT2D eigenvalue weighted by atomic mass is 10.0. The maximum atomic E-state index is 11.6. The minimum Gasteiger partial charge on any atom is -0.367 e. The number of azo groups is 1. The molecule has 2 heterocycles. The summed E-state index contributed by atoms with van der Waals surface area (Å²) in [6.07, 6.45) is 6.36. The topological polar surface area (TPSA) is 95.3 Å². The molecule has 2 aliphatic rings. The summed E-state index contributed by atoms with van der Waals surface area (Å²) in [6.45, 7) is 3.04. The zero-order chi connectivity index (χ0) is 14.4. The molecule has 0 saturated heterocycles. The van der Waals surface area contributed by atoms with E-state index < -0.39 is 5.92 Å². The van der Waals surface area contributed by atoms with Crippen molar-refractivity contribution in [2.45, 2.75) is 19.8 Å². The Kier molecular flexibility index (Phi) is 4.75. The quantitative estimate of drug-likeness (QED) is 0.705. The molecule has 0 bridgehead atoms. The zero-order valence-electron chi connectivity index (χ0n) is 11.3. The van der Waals surface area contributed by atoms with Crippen molar-refractivity contribution in [3.8, 4) is 0 Å². The molecule has 2 amide bonds. The number of fused-ring (bicyclic) bond motifs is 1. The van der Waals surface area contributed by atoms with E-state index in [2.05, 4.69) is 25.9 Å². The van der Waals surface area contributed by atoms with E-state index >= 15 is 0 Å². The first-order valence-corrected chi connectivity index (χ1v) is 6.63. The number of amides is 2. The third-order valence-electron chi connectivity index (χ3n) is 2.94. The molecule has 0 fully saturated rings. The number of hydrogen-bond donors (Lipinski definition) is 2. The van der Waals surface area contributed by atoms with Crippen molar-refractivity contribution in [3.63, 3.8) is 0 Å². The molecular weight excluding hydrogens is 258 g/mol. The molecule has 1 atom stereocenters. The Hall–Kier alpha value is -2.31. The van der Waals surface area contributed by atoms with Crippen molar-refractivity contribution in [2.24, 2.45) is 21.1 Å². The van der Waals surface area contributed by atoms with Gasteiger partial charge in [-0.15, -0.1) is 10.2 Å². The maximum Gasteiger partial charge on any atom is 0.277 e. The van der Waals surface area contributed by atoms with Crippen LogP contribution in [0.15, 0.2) is 38.9 Å². The van der Waals surface area contributed by atoms with E-state index in [1.54, 1.807) is 18.4 Å². The standard InChI is InChI=1S/C13H17N5O2/c1-2-10(19)14-7-4-8-16-12-11-9(5-3-6-15-11)13(20)18-17-12/h3,5-6,9,16H,2,4,7-8H2,1H3,(H,14,19).